The first kappa shape index (κ1) is 25.2. The van der Waals surface area contributed by atoms with Crippen molar-refractivity contribution in [1.29, 1.82) is 0 Å². The van der Waals surface area contributed by atoms with E-state index >= 15 is 0 Å². The highest BCUT2D eigenvalue weighted by atomic mass is 19.1. The average molecular weight is 501 g/mol. The first-order valence-corrected chi connectivity index (χ1v) is 12.9. The maximum atomic E-state index is 14.1. The van der Waals surface area contributed by atoms with Gasteiger partial charge in [0.2, 0.25) is 0 Å². The lowest BCUT2D eigenvalue weighted by Crippen LogP contribution is -2.46. The number of aryl methyl sites for hydroxylation is 1. The van der Waals surface area contributed by atoms with Crippen molar-refractivity contribution in [3.8, 4) is 5.75 Å². The fourth-order valence-electron chi connectivity index (χ4n) is 5.19. The van der Waals surface area contributed by atoms with Crippen molar-refractivity contribution in [2.75, 3.05) is 13.1 Å². The first-order chi connectivity index (χ1) is 18.0. The second kappa shape index (κ2) is 10.9. The van der Waals surface area contributed by atoms with Crippen LogP contribution in [0.25, 0.3) is 0 Å². The van der Waals surface area contributed by atoms with Crippen LogP contribution in [-0.4, -0.2) is 34.4 Å². The maximum Gasteiger partial charge on any atom is 0.160 e. The SMILES string of the molecule is CCC1CCN(Cc2cc(C(O)(c3ccccc3)c3ccccc3)no2)CC1Oc1ccc(C)c(F)c1. The van der Waals surface area contributed by atoms with Crippen LogP contribution in [0.2, 0.25) is 0 Å². The summed E-state index contributed by atoms with van der Waals surface area (Å²) >= 11 is 0. The van der Waals surface area contributed by atoms with Crippen LogP contribution in [0.1, 0.15) is 47.9 Å². The Balaban J connectivity index is 1.35. The average Bonchev–Trinajstić information content (AvgIpc) is 3.40. The van der Waals surface area contributed by atoms with E-state index < -0.39 is 5.60 Å². The number of aromatic nitrogens is 1. The molecule has 1 aliphatic heterocycles. The van der Waals surface area contributed by atoms with Crippen LogP contribution in [0.3, 0.4) is 0 Å². The molecule has 3 aromatic carbocycles. The molecular formula is C31H33FN2O3. The number of aliphatic hydroxyl groups is 1. The molecule has 6 heteroatoms. The second-order valence-electron chi connectivity index (χ2n) is 9.88. The Hall–Kier alpha value is -3.48. The number of likely N-dealkylation sites (tertiary alicyclic amines) is 1. The Kier molecular flexibility index (Phi) is 7.40. The number of halogens is 1. The van der Waals surface area contributed by atoms with Gasteiger partial charge in [0.05, 0.1) is 6.54 Å². The van der Waals surface area contributed by atoms with E-state index in [0.29, 0.717) is 41.8 Å². The van der Waals surface area contributed by atoms with Crippen molar-refractivity contribution in [1.82, 2.24) is 10.1 Å². The van der Waals surface area contributed by atoms with E-state index in [9.17, 15) is 9.50 Å². The predicted octanol–water partition coefficient (Wildman–Crippen LogP) is 6.09. The molecule has 0 saturated carbocycles. The summed E-state index contributed by atoms with van der Waals surface area (Å²) in [4.78, 5) is 2.27. The number of benzene rings is 3. The Labute approximate surface area is 217 Å². The second-order valence-corrected chi connectivity index (χ2v) is 9.88. The molecule has 1 aromatic heterocycles. The Morgan fingerprint density at radius 3 is 2.32 bits per heavy atom. The molecule has 1 fully saturated rings. The summed E-state index contributed by atoms with van der Waals surface area (Å²) in [6.07, 6.45) is 1.93. The molecule has 2 atom stereocenters. The minimum atomic E-state index is -1.43. The molecule has 4 aromatic rings. The van der Waals surface area contributed by atoms with Crippen LogP contribution in [0, 0.1) is 18.7 Å². The number of piperidine rings is 1. The van der Waals surface area contributed by atoms with E-state index in [1.165, 1.54) is 6.07 Å². The van der Waals surface area contributed by atoms with Gasteiger partial charge in [-0.15, -0.1) is 0 Å². The molecule has 37 heavy (non-hydrogen) atoms. The molecule has 0 radical (unpaired) electrons. The van der Waals surface area contributed by atoms with E-state index in [1.807, 2.05) is 72.8 Å². The molecule has 5 rings (SSSR count). The van der Waals surface area contributed by atoms with E-state index in [1.54, 1.807) is 13.0 Å². The van der Waals surface area contributed by atoms with Gasteiger partial charge in [0.1, 0.15) is 23.4 Å². The minimum Gasteiger partial charge on any atom is -0.489 e. The van der Waals surface area contributed by atoms with E-state index in [2.05, 4.69) is 17.0 Å². The number of hydrogen-bond donors (Lipinski definition) is 1. The van der Waals surface area contributed by atoms with Gasteiger partial charge in [-0.1, -0.05) is 78.8 Å². The van der Waals surface area contributed by atoms with Crippen LogP contribution in [0.15, 0.2) is 89.5 Å². The van der Waals surface area contributed by atoms with Gasteiger partial charge in [0, 0.05) is 18.7 Å². The van der Waals surface area contributed by atoms with Gasteiger partial charge in [-0.25, -0.2) is 4.39 Å². The number of hydrogen-bond acceptors (Lipinski definition) is 5. The Morgan fingerprint density at radius 2 is 1.70 bits per heavy atom. The minimum absolute atomic E-state index is 0.0474. The first-order valence-electron chi connectivity index (χ1n) is 12.9. The molecule has 0 aliphatic carbocycles. The third-order valence-electron chi connectivity index (χ3n) is 7.43. The summed E-state index contributed by atoms with van der Waals surface area (Å²) in [5, 5.41) is 16.3. The van der Waals surface area contributed by atoms with Gasteiger partial charge in [0.15, 0.2) is 11.4 Å². The summed E-state index contributed by atoms with van der Waals surface area (Å²) in [6.45, 7) is 6.07. The number of rotatable bonds is 8. The molecule has 1 saturated heterocycles. The van der Waals surface area contributed by atoms with Crippen molar-refractivity contribution >= 4 is 0 Å². The van der Waals surface area contributed by atoms with Crippen molar-refractivity contribution in [3.63, 3.8) is 0 Å². The number of ether oxygens (including phenoxy) is 1. The topological polar surface area (TPSA) is 58.7 Å². The predicted molar refractivity (Wildman–Crippen MR) is 141 cm³/mol. The molecule has 0 spiro atoms. The van der Waals surface area contributed by atoms with Crippen molar-refractivity contribution < 1.29 is 18.8 Å². The largest absolute Gasteiger partial charge is 0.489 e. The third kappa shape index (κ3) is 5.31. The molecule has 192 valence electrons. The van der Waals surface area contributed by atoms with Crippen LogP contribution >= 0.6 is 0 Å². The van der Waals surface area contributed by atoms with Crippen LogP contribution in [0.4, 0.5) is 4.39 Å². The summed E-state index contributed by atoms with van der Waals surface area (Å²) < 4.78 is 26.1. The van der Waals surface area contributed by atoms with Gasteiger partial charge in [-0.2, -0.15) is 0 Å². The lowest BCUT2D eigenvalue weighted by molar-refractivity contribution is 0.0305. The fraction of sp³-hybridized carbons (Fsp3) is 0.323. The van der Waals surface area contributed by atoms with E-state index in [4.69, 9.17) is 9.26 Å². The smallest absolute Gasteiger partial charge is 0.160 e. The highest BCUT2D eigenvalue weighted by Gasteiger charge is 2.37. The quantitative estimate of drug-likeness (QED) is 0.317. The third-order valence-corrected chi connectivity index (χ3v) is 7.43. The summed E-state index contributed by atoms with van der Waals surface area (Å²) in [5.41, 5.74) is 1.08. The molecule has 1 N–H and O–H groups in total. The van der Waals surface area contributed by atoms with Gasteiger partial charge in [0.25, 0.3) is 0 Å². The molecule has 5 nitrogen and oxygen atoms in total. The molecule has 1 aliphatic rings. The summed E-state index contributed by atoms with van der Waals surface area (Å²) in [5.74, 6) is 1.38. The number of nitrogens with zero attached hydrogens (tertiary/aromatic N) is 2. The van der Waals surface area contributed by atoms with Gasteiger partial charge >= 0.3 is 0 Å². The van der Waals surface area contributed by atoms with Gasteiger partial charge in [-0.05, 0) is 55.0 Å². The molecule has 2 unspecified atom stereocenters. The zero-order chi connectivity index (χ0) is 25.8. The highest BCUT2D eigenvalue weighted by Crippen LogP contribution is 2.36. The van der Waals surface area contributed by atoms with Gasteiger partial charge in [-0.3, -0.25) is 4.90 Å². The van der Waals surface area contributed by atoms with E-state index in [0.717, 1.165) is 30.5 Å². The zero-order valence-corrected chi connectivity index (χ0v) is 21.3. The Morgan fingerprint density at radius 1 is 1.03 bits per heavy atom. The zero-order valence-electron chi connectivity index (χ0n) is 21.3. The molecular weight excluding hydrogens is 467 g/mol. The normalized spacial score (nSPS) is 18.6. The monoisotopic (exact) mass is 500 g/mol. The van der Waals surface area contributed by atoms with Crippen LogP contribution in [-0.2, 0) is 12.1 Å². The maximum absolute atomic E-state index is 14.1. The van der Waals surface area contributed by atoms with Crippen LogP contribution < -0.4 is 4.74 Å². The lowest BCUT2D eigenvalue weighted by atomic mass is 9.83. The fourth-order valence-corrected chi connectivity index (χ4v) is 5.19. The van der Waals surface area contributed by atoms with Crippen molar-refractivity contribution in [3.05, 3.63) is 119 Å². The lowest BCUT2D eigenvalue weighted by Gasteiger charge is -2.37. The molecule has 0 amide bonds. The van der Waals surface area contributed by atoms with Crippen molar-refractivity contribution in [2.24, 2.45) is 5.92 Å². The summed E-state index contributed by atoms with van der Waals surface area (Å²) in [7, 11) is 0. The Bertz CT molecular complexity index is 1270. The van der Waals surface area contributed by atoms with E-state index in [-0.39, 0.29) is 11.9 Å². The molecule has 0 bridgehead atoms. The highest BCUT2D eigenvalue weighted by molar-refractivity contribution is 5.44. The summed E-state index contributed by atoms with van der Waals surface area (Å²) in [6, 6.07) is 25.9. The standard InChI is InChI=1S/C31H33FN2O3/c1-3-23-16-17-34(21-29(23)36-26-15-14-22(2)28(32)18-26)20-27-19-30(33-37-27)31(35,24-10-6-4-7-11-24)25-12-8-5-9-13-25/h4-15,18-19,23,29,35H,3,16-17,20-21H2,1-2H3. The van der Waals surface area contributed by atoms with Crippen LogP contribution in [0.5, 0.6) is 5.75 Å². The molecule has 2 heterocycles. The van der Waals surface area contributed by atoms with Crippen molar-refractivity contribution in [2.45, 2.75) is 44.9 Å². The van der Waals surface area contributed by atoms with Gasteiger partial charge < -0.3 is 14.4 Å².